The number of rotatable bonds is 8. The van der Waals surface area contributed by atoms with E-state index >= 15 is 0 Å². The van der Waals surface area contributed by atoms with Crippen LogP contribution in [0.25, 0.3) is 28.2 Å². The van der Waals surface area contributed by atoms with Gasteiger partial charge in [-0.2, -0.15) is 5.10 Å². The normalized spacial score (nSPS) is 11.4. The van der Waals surface area contributed by atoms with Gasteiger partial charge in [0.05, 0.1) is 11.5 Å². The average Bonchev–Trinajstić information content (AvgIpc) is 3.40. The van der Waals surface area contributed by atoms with Gasteiger partial charge in [-0.3, -0.25) is 9.36 Å². The standard InChI is InChI=1S/C30H24BrN5OS/c1-21(22-12-14-24(15-13-22)23-8-4-2-5-9-23)32-33-28(37)20-38-30-35-34-29(25-16-18-26(31)19-17-25)36(30)27-10-6-3-7-11-27/h2-19H,20H2,1H3,(H,33,37). The first-order valence-corrected chi connectivity index (χ1v) is 13.7. The fourth-order valence-electron chi connectivity index (χ4n) is 3.87. The van der Waals surface area contributed by atoms with Crippen molar-refractivity contribution in [1.82, 2.24) is 20.2 Å². The summed E-state index contributed by atoms with van der Waals surface area (Å²) in [6.07, 6.45) is 0. The van der Waals surface area contributed by atoms with Crippen LogP contribution in [0.15, 0.2) is 124 Å². The van der Waals surface area contributed by atoms with Crippen LogP contribution in [0.1, 0.15) is 12.5 Å². The number of hydrazone groups is 1. The molecule has 1 heterocycles. The highest BCUT2D eigenvalue weighted by Gasteiger charge is 2.17. The lowest BCUT2D eigenvalue weighted by atomic mass is 10.0. The molecular weight excluding hydrogens is 558 g/mol. The van der Waals surface area contributed by atoms with Crippen molar-refractivity contribution in [3.63, 3.8) is 0 Å². The topological polar surface area (TPSA) is 72.2 Å². The minimum Gasteiger partial charge on any atom is -0.272 e. The van der Waals surface area contributed by atoms with Crippen LogP contribution in [0.3, 0.4) is 0 Å². The minimum absolute atomic E-state index is 0.148. The number of para-hydroxylation sites is 1. The van der Waals surface area contributed by atoms with Crippen molar-refractivity contribution in [3.8, 4) is 28.2 Å². The van der Waals surface area contributed by atoms with Crippen LogP contribution in [0.5, 0.6) is 0 Å². The van der Waals surface area contributed by atoms with Gasteiger partial charge in [0.25, 0.3) is 5.91 Å². The molecule has 5 aromatic rings. The summed E-state index contributed by atoms with van der Waals surface area (Å²) in [5, 5.41) is 13.8. The van der Waals surface area contributed by atoms with Crippen molar-refractivity contribution in [2.45, 2.75) is 12.1 Å². The second kappa shape index (κ2) is 12.0. The zero-order chi connectivity index (χ0) is 26.3. The second-order valence-electron chi connectivity index (χ2n) is 8.45. The van der Waals surface area contributed by atoms with E-state index in [0.29, 0.717) is 11.0 Å². The number of nitrogens with zero attached hydrogens (tertiary/aromatic N) is 4. The van der Waals surface area contributed by atoms with Crippen molar-refractivity contribution < 1.29 is 4.79 Å². The number of benzene rings is 4. The lowest BCUT2D eigenvalue weighted by Crippen LogP contribution is -2.21. The van der Waals surface area contributed by atoms with E-state index in [4.69, 9.17) is 0 Å². The van der Waals surface area contributed by atoms with Crippen LogP contribution in [0.4, 0.5) is 0 Å². The summed E-state index contributed by atoms with van der Waals surface area (Å²) in [4.78, 5) is 12.7. The molecule has 1 aromatic heterocycles. The summed E-state index contributed by atoms with van der Waals surface area (Å²) in [6.45, 7) is 1.88. The molecule has 38 heavy (non-hydrogen) atoms. The van der Waals surface area contributed by atoms with Gasteiger partial charge in [-0.05, 0) is 47.9 Å². The fraction of sp³-hybridized carbons (Fsp3) is 0.0667. The molecule has 0 atom stereocenters. The van der Waals surface area contributed by atoms with Crippen LogP contribution in [-0.2, 0) is 4.79 Å². The Morgan fingerprint density at radius 3 is 2.11 bits per heavy atom. The third-order valence-corrected chi connectivity index (χ3v) is 7.30. The van der Waals surface area contributed by atoms with E-state index in [0.717, 1.165) is 38.1 Å². The van der Waals surface area contributed by atoms with E-state index in [9.17, 15) is 4.79 Å². The minimum atomic E-state index is -0.219. The van der Waals surface area contributed by atoms with E-state index in [-0.39, 0.29) is 11.7 Å². The molecule has 188 valence electrons. The number of thioether (sulfide) groups is 1. The van der Waals surface area contributed by atoms with Crippen LogP contribution in [-0.4, -0.2) is 32.1 Å². The first kappa shape index (κ1) is 25.6. The molecule has 1 N–H and O–H groups in total. The Bertz CT molecular complexity index is 1550. The summed E-state index contributed by atoms with van der Waals surface area (Å²) >= 11 is 4.79. The molecule has 6 nitrogen and oxygen atoms in total. The smallest absolute Gasteiger partial charge is 0.250 e. The van der Waals surface area contributed by atoms with Gasteiger partial charge in [0.1, 0.15) is 0 Å². The molecular formula is C30H24BrN5OS. The summed E-state index contributed by atoms with van der Waals surface area (Å²) in [5.41, 5.74) is 8.48. The van der Waals surface area contributed by atoms with E-state index in [1.807, 2.05) is 96.4 Å². The zero-order valence-corrected chi connectivity index (χ0v) is 23.0. The lowest BCUT2D eigenvalue weighted by molar-refractivity contribution is -0.118. The molecule has 0 bridgehead atoms. The molecule has 0 saturated carbocycles. The molecule has 8 heteroatoms. The highest BCUT2D eigenvalue weighted by Crippen LogP contribution is 2.28. The quantitative estimate of drug-likeness (QED) is 0.122. The Kier molecular flexibility index (Phi) is 8.11. The maximum atomic E-state index is 12.7. The maximum absolute atomic E-state index is 12.7. The van der Waals surface area contributed by atoms with Gasteiger partial charge in [-0.15, -0.1) is 10.2 Å². The Balaban J connectivity index is 1.27. The van der Waals surface area contributed by atoms with Crippen molar-refractivity contribution >= 4 is 39.3 Å². The second-order valence-corrected chi connectivity index (χ2v) is 10.3. The Hall–Kier alpha value is -4.01. The van der Waals surface area contributed by atoms with Crippen LogP contribution in [0.2, 0.25) is 0 Å². The van der Waals surface area contributed by atoms with Gasteiger partial charge in [-0.25, -0.2) is 5.43 Å². The Morgan fingerprint density at radius 1 is 0.816 bits per heavy atom. The SMILES string of the molecule is CC(=NNC(=O)CSc1nnc(-c2ccc(Br)cc2)n1-c1ccccc1)c1ccc(-c2ccccc2)cc1. The van der Waals surface area contributed by atoms with Crippen LogP contribution in [0, 0.1) is 0 Å². The van der Waals surface area contributed by atoms with E-state index in [1.165, 1.54) is 11.8 Å². The zero-order valence-electron chi connectivity index (χ0n) is 20.6. The highest BCUT2D eigenvalue weighted by molar-refractivity contribution is 9.10. The Morgan fingerprint density at radius 2 is 1.42 bits per heavy atom. The van der Waals surface area contributed by atoms with Gasteiger partial charge >= 0.3 is 0 Å². The lowest BCUT2D eigenvalue weighted by Gasteiger charge is -2.10. The molecule has 0 fully saturated rings. The predicted octanol–water partition coefficient (Wildman–Crippen LogP) is 7.00. The monoisotopic (exact) mass is 581 g/mol. The van der Waals surface area contributed by atoms with E-state index in [1.54, 1.807) is 0 Å². The van der Waals surface area contributed by atoms with Gasteiger partial charge in [-0.1, -0.05) is 113 Å². The molecule has 4 aromatic carbocycles. The molecule has 1 amide bonds. The third kappa shape index (κ3) is 6.10. The summed E-state index contributed by atoms with van der Waals surface area (Å²) in [6, 6.07) is 36.1. The molecule has 0 saturated heterocycles. The summed E-state index contributed by atoms with van der Waals surface area (Å²) in [5.74, 6) is 0.636. The van der Waals surface area contributed by atoms with Gasteiger partial charge in [0, 0.05) is 15.7 Å². The molecule has 5 rings (SSSR count). The number of amides is 1. The molecule has 0 aliphatic heterocycles. The van der Waals surface area contributed by atoms with Crippen molar-refractivity contribution in [3.05, 3.63) is 119 Å². The van der Waals surface area contributed by atoms with Crippen LogP contribution >= 0.6 is 27.7 Å². The molecule has 0 aliphatic carbocycles. The number of hydrogen-bond donors (Lipinski definition) is 1. The summed E-state index contributed by atoms with van der Waals surface area (Å²) < 4.78 is 2.95. The Labute approximate surface area is 234 Å². The largest absolute Gasteiger partial charge is 0.272 e. The third-order valence-electron chi connectivity index (χ3n) is 5.84. The number of carbonyl (C=O) groups excluding carboxylic acids is 1. The number of halogens is 1. The molecule has 0 radical (unpaired) electrons. The number of nitrogens with one attached hydrogen (secondary N) is 1. The molecule has 0 spiro atoms. The van der Waals surface area contributed by atoms with Crippen molar-refractivity contribution in [2.24, 2.45) is 5.10 Å². The number of aromatic nitrogens is 3. The predicted molar refractivity (Wildman–Crippen MR) is 157 cm³/mol. The van der Waals surface area contributed by atoms with Gasteiger partial charge in [0.15, 0.2) is 11.0 Å². The van der Waals surface area contributed by atoms with E-state index < -0.39 is 0 Å². The average molecular weight is 583 g/mol. The van der Waals surface area contributed by atoms with Crippen molar-refractivity contribution in [2.75, 3.05) is 5.75 Å². The molecule has 0 unspecified atom stereocenters. The first-order chi connectivity index (χ1) is 18.6. The van der Waals surface area contributed by atoms with E-state index in [2.05, 4.69) is 60.9 Å². The maximum Gasteiger partial charge on any atom is 0.250 e. The first-order valence-electron chi connectivity index (χ1n) is 12.0. The number of hydrogen-bond acceptors (Lipinski definition) is 5. The van der Waals surface area contributed by atoms with Gasteiger partial charge in [0.2, 0.25) is 0 Å². The number of carbonyl (C=O) groups is 1. The van der Waals surface area contributed by atoms with Crippen molar-refractivity contribution in [1.29, 1.82) is 0 Å². The molecule has 0 aliphatic rings. The van der Waals surface area contributed by atoms with Crippen LogP contribution < -0.4 is 5.43 Å². The summed E-state index contributed by atoms with van der Waals surface area (Å²) in [7, 11) is 0. The fourth-order valence-corrected chi connectivity index (χ4v) is 4.88. The highest BCUT2D eigenvalue weighted by atomic mass is 79.9. The van der Waals surface area contributed by atoms with Gasteiger partial charge < -0.3 is 0 Å².